The number of fused-ring (bicyclic) bond motifs is 1. The standard InChI is InChI=1S/C15H9Cl2FN2O/c16-8-3-9(17)5-11(4-8)20-15(21)13-7-19-14-6-10(18)1-2-12(13)14/h1-7,19H,(H,20,21). The number of rotatable bonds is 2. The van der Waals surface area contributed by atoms with Gasteiger partial charge in [0.1, 0.15) is 5.82 Å². The molecule has 2 N–H and O–H groups in total. The molecule has 6 heteroatoms. The highest BCUT2D eigenvalue weighted by molar-refractivity contribution is 6.35. The van der Waals surface area contributed by atoms with Crippen molar-refractivity contribution in [1.29, 1.82) is 0 Å². The molecule has 0 aliphatic rings. The summed E-state index contributed by atoms with van der Waals surface area (Å²) in [5.74, 6) is -0.691. The van der Waals surface area contributed by atoms with Crippen molar-refractivity contribution in [3.05, 3.63) is 64.0 Å². The fourth-order valence-electron chi connectivity index (χ4n) is 2.11. The molecule has 0 saturated carbocycles. The predicted octanol–water partition coefficient (Wildman–Crippen LogP) is 4.87. The zero-order chi connectivity index (χ0) is 15.0. The van der Waals surface area contributed by atoms with Gasteiger partial charge in [-0.15, -0.1) is 0 Å². The number of hydrogen-bond donors (Lipinski definition) is 2. The summed E-state index contributed by atoms with van der Waals surface area (Å²) >= 11 is 11.8. The second kappa shape index (κ2) is 5.39. The van der Waals surface area contributed by atoms with E-state index in [0.29, 0.717) is 32.2 Å². The molecule has 3 aromatic rings. The van der Waals surface area contributed by atoms with Crippen LogP contribution in [-0.2, 0) is 0 Å². The van der Waals surface area contributed by atoms with Gasteiger partial charge in [-0.25, -0.2) is 4.39 Å². The van der Waals surface area contributed by atoms with E-state index < -0.39 is 0 Å². The summed E-state index contributed by atoms with van der Waals surface area (Å²) in [4.78, 5) is 15.2. The number of halogens is 3. The van der Waals surface area contributed by atoms with Crippen molar-refractivity contribution >= 4 is 45.7 Å². The van der Waals surface area contributed by atoms with E-state index in [9.17, 15) is 9.18 Å². The number of aromatic amines is 1. The largest absolute Gasteiger partial charge is 0.360 e. The summed E-state index contributed by atoms with van der Waals surface area (Å²) in [6, 6.07) is 8.97. The van der Waals surface area contributed by atoms with Crippen molar-refractivity contribution in [2.75, 3.05) is 5.32 Å². The van der Waals surface area contributed by atoms with Crippen molar-refractivity contribution in [1.82, 2.24) is 4.98 Å². The van der Waals surface area contributed by atoms with Crippen LogP contribution in [0.4, 0.5) is 10.1 Å². The molecule has 0 atom stereocenters. The summed E-state index contributed by atoms with van der Waals surface area (Å²) < 4.78 is 13.1. The topological polar surface area (TPSA) is 44.9 Å². The molecule has 106 valence electrons. The average molecular weight is 323 g/mol. The van der Waals surface area contributed by atoms with E-state index in [4.69, 9.17) is 23.2 Å². The Bertz CT molecular complexity index is 825. The van der Waals surface area contributed by atoms with Gasteiger partial charge in [0, 0.05) is 32.8 Å². The Balaban J connectivity index is 1.93. The number of benzene rings is 2. The van der Waals surface area contributed by atoms with E-state index in [1.54, 1.807) is 24.3 Å². The Morgan fingerprint density at radius 1 is 1.10 bits per heavy atom. The summed E-state index contributed by atoms with van der Waals surface area (Å²) in [6.07, 6.45) is 1.53. The SMILES string of the molecule is O=C(Nc1cc(Cl)cc(Cl)c1)c1c[nH]c2cc(F)ccc12. The first-order chi connectivity index (χ1) is 10.0. The number of amides is 1. The van der Waals surface area contributed by atoms with Gasteiger partial charge in [-0.05, 0) is 36.4 Å². The third-order valence-corrected chi connectivity index (χ3v) is 3.45. The number of anilines is 1. The van der Waals surface area contributed by atoms with Gasteiger partial charge in [0.05, 0.1) is 5.56 Å². The molecule has 0 saturated heterocycles. The zero-order valence-electron chi connectivity index (χ0n) is 10.6. The van der Waals surface area contributed by atoms with Crippen LogP contribution in [0.3, 0.4) is 0 Å². The molecule has 0 bridgehead atoms. The highest BCUT2D eigenvalue weighted by Crippen LogP contribution is 2.24. The molecule has 0 aliphatic heterocycles. The lowest BCUT2D eigenvalue weighted by Gasteiger charge is -2.05. The first kappa shape index (κ1) is 13.9. The Morgan fingerprint density at radius 3 is 2.52 bits per heavy atom. The number of H-pyrrole nitrogens is 1. The van der Waals surface area contributed by atoms with Crippen molar-refractivity contribution in [2.24, 2.45) is 0 Å². The normalized spacial score (nSPS) is 10.8. The number of hydrogen-bond acceptors (Lipinski definition) is 1. The van der Waals surface area contributed by atoms with Crippen LogP contribution in [0.15, 0.2) is 42.6 Å². The van der Waals surface area contributed by atoms with Gasteiger partial charge in [0.2, 0.25) is 0 Å². The second-order valence-corrected chi connectivity index (χ2v) is 5.38. The first-order valence-electron chi connectivity index (χ1n) is 6.07. The molecule has 3 rings (SSSR count). The Hall–Kier alpha value is -2.04. The van der Waals surface area contributed by atoms with Gasteiger partial charge in [0.15, 0.2) is 0 Å². The summed E-state index contributed by atoms with van der Waals surface area (Å²) in [5, 5.41) is 4.21. The van der Waals surface area contributed by atoms with Crippen LogP contribution in [0.2, 0.25) is 10.0 Å². The number of carbonyl (C=O) groups is 1. The van der Waals surface area contributed by atoms with Crippen LogP contribution in [0, 0.1) is 5.82 Å². The highest BCUT2D eigenvalue weighted by atomic mass is 35.5. The van der Waals surface area contributed by atoms with Crippen LogP contribution < -0.4 is 5.32 Å². The molecular weight excluding hydrogens is 314 g/mol. The molecule has 0 aliphatic carbocycles. The monoisotopic (exact) mass is 322 g/mol. The van der Waals surface area contributed by atoms with Gasteiger partial charge in [-0.2, -0.15) is 0 Å². The quantitative estimate of drug-likeness (QED) is 0.694. The molecule has 0 spiro atoms. The number of aromatic nitrogens is 1. The highest BCUT2D eigenvalue weighted by Gasteiger charge is 2.13. The maximum Gasteiger partial charge on any atom is 0.257 e. The third kappa shape index (κ3) is 2.86. The minimum absolute atomic E-state index is 0.328. The molecule has 1 amide bonds. The van der Waals surface area contributed by atoms with Crippen LogP contribution in [-0.4, -0.2) is 10.9 Å². The summed E-state index contributed by atoms with van der Waals surface area (Å²) in [6.45, 7) is 0. The second-order valence-electron chi connectivity index (χ2n) is 4.50. The lowest BCUT2D eigenvalue weighted by Crippen LogP contribution is -2.11. The molecule has 0 unspecified atom stereocenters. The molecule has 3 nitrogen and oxygen atoms in total. The Morgan fingerprint density at radius 2 is 1.81 bits per heavy atom. The Labute approximate surface area is 129 Å². The zero-order valence-corrected chi connectivity index (χ0v) is 12.1. The Kier molecular flexibility index (Phi) is 3.57. The van der Waals surface area contributed by atoms with Crippen LogP contribution in [0.1, 0.15) is 10.4 Å². The fourth-order valence-corrected chi connectivity index (χ4v) is 2.64. The van der Waals surface area contributed by atoms with Crippen LogP contribution in [0.25, 0.3) is 10.9 Å². The number of carbonyl (C=O) groups excluding carboxylic acids is 1. The fraction of sp³-hybridized carbons (Fsp3) is 0. The predicted molar refractivity (Wildman–Crippen MR) is 82.7 cm³/mol. The lowest BCUT2D eigenvalue weighted by atomic mass is 10.1. The maximum atomic E-state index is 13.1. The van der Waals surface area contributed by atoms with E-state index in [1.807, 2.05) is 0 Å². The molecular formula is C15H9Cl2FN2O. The van der Waals surface area contributed by atoms with Crippen molar-refractivity contribution in [2.45, 2.75) is 0 Å². The molecule has 2 aromatic carbocycles. The van der Waals surface area contributed by atoms with E-state index in [0.717, 1.165) is 0 Å². The minimum Gasteiger partial charge on any atom is -0.360 e. The number of nitrogens with one attached hydrogen (secondary N) is 2. The van der Waals surface area contributed by atoms with Crippen molar-refractivity contribution in [3.63, 3.8) is 0 Å². The van der Waals surface area contributed by atoms with E-state index >= 15 is 0 Å². The minimum atomic E-state index is -0.363. The summed E-state index contributed by atoms with van der Waals surface area (Å²) in [5.41, 5.74) is 1.47. The average Bonchev–Trinajstić information content (AvgIpc) is 2.80. The molecule has 1 heterocycles. The van der Waals surface area contributed by atoms with E-state index in [1.165, 1.54) is 18.3 Å². The molecule has 21 heavy (non-hydrogen) atoms. The van der Waals surface area contributed by atoms with Gasteiger partial charge in [-0.1, -0.05) is 23.2 Å². The molecule has 1 aromatic heterocycles. The van der Waals surface area contributed by atoms with Gasteiger partial charge in [-0.3, -0.25) is 4.79 Å². The maximum absolute atomic E-state index is 13.1. The molecule has 0 fully saturated rings. The van der Waals surface area contributed by atoms with E-state index in [2.05, 4.69) is 10.3 Å². The van der Waals surface area contributed by atoms with Gasteiger partial charge >= 0.3 is 0 Å². The van der Waals surface area contributed by atoms with Crippen LogP contribution in [0.5, 0.6) is 0 Å². The van der Waals surface area contributed by atoms with Gasteiger partial charge in [0.25, 0.3) is 5.91 Å². The van der Waals surface area contributed by atoms with Crippen molar-refractivity contribution in [3.8, 4) is 0 Å². The summed E-state index contributed by atoms with van der Waals surface area (Å²) in [7, 11) is 0. The van der Waals surface area contributed by atoms with Gasteiger partial charge < -0.3 is 10.3 Å². The van der Waals surface area contributed by atoms with Crippen molar-refractivity contribution < 1.29 is 9.18 Å². The smallest absolute Gasteiger partial charge is 0.257 e. The van der Waals surface area contributed by atoms with Crippen LogP contribution >= 0.6 is 23.2 Å². The lowest BCUT2D eigenvalue weighted by molar-refractivity contribution is 0.102. The molecule has 0 radical (unpaired) electrons. The van der Waals surface area contributed by atoms with E-state index in [-0.39, 0.29) is 11.7 Å². The first-order valence-corrected chi connectivity index (χ1v) is 6.82. The third-order valence-electron chi connectivity index (χ3n) is 3.01.